The highest BCUT2D eigenvalue weighted by atomic mass is 16.7. The first-order valence-electron chi connectivity index (χ1n) is 20.0. The quantitative estimate of drug-likeness (QED) is 0.232. The van der Waals surface area contributed by atoms with E-state index < -0.39 is 83.4 Å². The second-order valence-electron chi connectivity index (χ2n) is 16.6. The molecule has 3 aliphatic rings. The topological polar surface area (TPSA) is 198 Å². The number of rotatable bonds is 8. The molecule has 58 heavy (non-hydrogen) atoms. The van der Waals surface area contributed by atoms with Crippen molar-refractivity contribution in [2.24, 2.45) is 23.7 Å². The number of Topliss-reactive ketones (excluding diaryl/α,β-unsaturated/α-hetero) is 2. The van der Waals surface area contributed by atoms with Crippen molar-refractivity contribution in [3.8, 4) is 23.2 Å². The summed E-state index contributed by atoms with van der Waals surface area (Å²) in [6.45, 7) is 13.7. The molecule has 0 aliphatic carbocycles. The minimum absolute atomic E-state index is 0.0903. The van der Waals surface area contributed by atoms with Crippen molar-refractivity contribution in [3.63, 3.8) is 0 Å². The number of ketones is 2. The molecule has 5 heterocycles. The molecular weight excluding hydrogens is 750 g/mol. The first-order valence-corrected chi connectivity index (χ1v) is 20.0. The van der Waals surface area contributed by atoms with Gasteiger partial charge in [0.25, 0.3) is 0 Å². The summed E-state index contributed by atoms with van der Waals surface area (Å²) < 4.78 is 32.5. The number of cyclic esters (lactones) is 1. The van der Waals surface area contributed by atoms with E-state index in [0.717, 1.165) is 0 Å². The summed E-state index contributed by atoms with van der Waals surface area (Å²) in [5.74, 6) is 0.765. The standard InChI is InChI=1S/C41H59N7O10/c1-12-31-41(8)35(48(39(53)58-41)19-14-13-18-47-22-29(44-45-47)28-16-15-17-42-43-28)25(4)32(49)23(2)21-40(7,54-11)36(26(5)33(50)27(6)37(52)56-31)57-38-34(51)30(46(9)10)20-24(3)55-38/h15-17,22-27,30-31,34-36,38,51H,12,18-21H2,1-11H3/t23-,24-,25+,26+,27-,30?,31-,34?,35-,36-,38+,40-,41-/m1/s1. The number of aliphatic hydroxyl groups is 1. The van der Waals surface area contributed by atoms with Crippen LogP contribution >= 0.6 is 0 Å². The van der Waals surface area contributed by atoms with Crippen molar-refractivity contribution in [2.45, 2.75) is 135 Å². The maximum absolute atomic E-state index is 14.7. The van der Waals surface area contributed by atoms with Crippen molar-refractivity contribution < 1.29 is 48.0 Å². The maximum Gasteiger partial charge on any atom is 0.411 e. The Hall–Kier alpha value is -4.34. The number of carbonyl (C=O) groups is 4. The van der Waals surface area contributed by atoms with Crippen LogP contribution in [0.15, 0.2) is 24.5 Å². The number of carbonyl (C=O) groups excluding carboxylic acids is 4. The van der Waals surface area contributed by atoms with E-state index in [0.29, 0.717) is 17.8 Å². The van der Waals surface area contributed by atoms with Gasteiger partial charge in [0.15, 0.2) is 17.7 Å². The first kappa shape index (κ1) is 44.8. The van der Waals surface area contributed by atoms with Gasteiger partial charge in [-0.2, -0.15) is 5.10 Å². The lowest BCUT2D eigenvalue weighted by Crippen LogP contribution is -2.60. The zero-order valence-electron chi connectivity index (χ0n) is 35.4. The number of amides is 1. The van der Waals surface area contributed by atoms with Gasteiger partial charge in [-0.15, -0.1) is 10.2 Å². The number of hydrogen-bond donors (Lipinski definition) is 1. The van der Waals surface area contributed by atoms with E-state index in [4.69, 9.17) is 23.7 Å². The third-order valence-corrected chi connectivity index (χ3v) is 12.2. The van der Waals surface area contributed by atoms with Gasteiger partial charge in [-0.25, -0.2) is 9.48 Å². The summed E-state index contributed by atoms with van der Waals surface area (Å²) >= 11 is 0. The Kier molecular flexibility index (Phi) is 14.1. The molecule has 0 saturated carbocycles. The maximum atomic E-state index is 14.7. The Labute approximate surface area is 340 Å². The van der Waals surface area contributed by atoms with Crippen LogP contribution in [0, 0.1) is 35.5 Å². The van der Waals surface area contributed by atoms with Gasteiger partial charge < -0.3 is 33.7 Å². The van der Waals surface area contributed by atoms with Crippen LogP contribution in [0.2, 0.25) is 0 Å². The van der Waals surface area contributed by atoms with E-state index in [2.05, 4.69) is 32.4 Å². The van der Waals surface area contributed by atoms with E-state index >= 15 is 0 Å². The van der Waals surface area contributed by atoms with Crippen molar-refractivity contribution in [1.29, 1.82) is 0 Å². The lowest BCUT2D eigenvalue weighted by atomic mass is 9.73. The molecule has 0 aromatic carbocycles. The predicted octanol–water partition coefficient (Wildman–Crippen LogP) is 2.94. The number of ether oxygens (including phenoxy) is 5. The largest absolute Gasteiger partial charge is 0.458 e. The van der Waals surface area contributed by atoms with E-state index in [-0.39, 0.29) is 43.9 Å². The summed E-state index contributed by atoms with van der Waals surface area (Å²) in [7, 11) is 5.19. The molecule has 0 spiro atoms. The minimum Gasteiger partial charge on any atom is -0.458 e. The molecule has 1 amide bonds. The molecule has 3 saturated heterocycles. The van der Waals surface area contributed by atoms with E-state index in [9.17, 15) is 24.3 Å². The molecule has 2 aromatic heterocycles. The van der Waals surface area contributed by atoms with Crippen LogP contribution < -0.4 is 0 Å². The van der Waals surface area contributed by atoms with Gasteiger partial charge in [0.1, 0.15) is 41.8 Å². The third kappa shape index (κ3) is 9.11. The summed E-state index contributed by atoms with van der Waals surface area (Å²) in [5.41, 5.74) is -1.71. The van der Waals surface area contributed by atoms with Crippen LogP contribution in [-0.2, 0) is 44.6 Å². The fourth-order valence-corrected chi connectivity index (χ4v) is 8.85. The zero-order valence-corrected chi connectivity index (χ0v) is 35.4. The Morgan fingerprint density at radius 2 is 1.71 bits per heavy atom. The molecule has 2 unspecified atom stereocenters. The zero-order chi connectivity index (χ0) is 42.7. The molecule has 3 fully saturated rings. The Balaban J connectivity index is 1.47. The molecule has 5 rings (SSSR count). The Morgan fingerprint density at radius 1 is 1.00 bits per heavy atom. The van der Waals surface area contributed by atoms with Crippen LogP contribution in [-0.4, -0.2) is 145 Å². The van der Waals surface area contributed by atoms with E-state index in [1.54, 1.807) is 66.1 Å². The number of aliphatic hydroxyl groups excluding tert-OH is 1. The van der Waals surface area contributed by atoms with Crippen molar-refractivity contribution in [3.05, 3.63) is 24.5 Å². The van der Waals surface area contributed by atoms with Gasteiger partial charge in [-0.05, 0) is 73.2 Å². The third-order valence-electron chi connectivity index (χ3n) is 12.2. The molecule has 2 aromatic rings. The number of nitrogens with zero attached hydrogens (tertiary/aromatic N) is 7. The second-order valence-corrected chi connectivity index (χ2v) is 16.6. The van der Waals surface area contributed by atoms with Crippen LogP contribution in [0.5, 0.6) is 0 Å². The molecule has 17 heteroatoms. The number of esters is 1. The lowest BCUT2D eigenvalue weighted by molar-refractivity contribution is -0.295. The van der Waals surface area contributed by atoms with Gasteiger partial charge >= 0.3 is 12.1 Å². The van der Waals surface area contributed by atoms with Gasteiger partial charge in [-0.1, -0.05) is 44.7 Å². The number of aromatic nitrogens is 5. The first-order chi connectivity index (χ1) is 27.4. The van der Waals surface area contributed by atoms with Crippen LogP contribution in [0.1, 0.15) is 74.7 Å². The number of methoxy groups -OCH3 is 1. The van der Waals surface area contributed by atoms with Crippen molar-refractivity contribution in [1.82, 2.24) is 35.0 Å². The molecular formula is C41H59N7O10. The summed E-state index contributed by atoms with van der Waals surface area (Å²) in [6, 6.07) is 2.30. The second kappa shape index (κ2) is 18.3. The van der Waals surface area contributed by atoms with E-state index in [1.807, 2.05) is 25.9 Å². The highest BCUT2D eigenvalue weighted by molar-refractivity contribution is 6.00. The molecule has 13 atom stereocenters. The number of likely N-dealkylation sites (N-methyl/N-ethyl adjacent to an activating group) is 1. The predicted molar refractivity (Wildman–Crippen MR) is 208 cm³/mol. The van der Waals surface area contributed by atoms with E-state index in [1.165, 1.54) is 23.6 Å². The van der Waals surface area contributed by atoms with Gasteiger partial charge in [0, 0.05) is 37.1 Å². The molecule has 0 radical (unpaired) electrons. The fraction of sp³-hybridized carbons (Fsp3) is 0.707. The highest BCUT2D eigenvalue weighted by Crippen LogP contribution is 2.43. The van der Waals surface area contributed by atoms with Gasteiger partial charge in [-0.3, -0.25) is 19.3 Å². The summed E-state index contributed by atoms with van der Waals surface area (Å²) in [5, 5.41) is 27.6. The average Bonchev–Trinajstić information content (AvgIpc) is 3.78. The highest BCUT2D eigenvalue weighted by Gasteiger charge is 2.60. The summed E-state index contributed by atoms with van der Waals surface area (Å²) in [4.78, 5) is 59.9. The molecule has 17 nitrogen and oxygen atoms in total. The average molecular weight is 810 g/mol. The fourth-order valence-electron chi connectivity index (χ4n) is 8.85. The monoisotopic (exact) mass is 809 g/mol. The number of hydrogen-bond acceptors (Lipinski definition) is 15. The van der Waals surface area contributed by atoms with Crippen LogP contribution in [0.25, 0.3) is 11.4 Å². The molecule has 318 valence electrons. The van der Waals surface area contributed by atoms with Gasteiger partial charge in [0.2, 0.25) is 0 Å². The van der Waals surface area contributed by atoms with Crippen molar-refractivity contribution >= 4 is 23.6 Å². The van der Waals surface area contributed by atoms with Crippen LogP contribution in [0.4, 0.5) is 4.79 Å². The Bertz CT molecular complexity index is 1850. The van der Waals surface area contributed by atoms with Gasteiger partial charge in [0.05, 0.1) is 36.6 Å². The molecule has 3 aliphatic heterocycles. The molecule has 0 bridgehead atoms. The minimum atomic E-state index is -1.49. The van der Waals surface area contributed by atoms with Crippen molar-refractivity contribution in [2.75, 3.05) is 27.7 Å². The normalized spacial score (nSPS) is 36.4. The smallest absolute Gasteiger partial charge is 0.411 e. The molecule has 1 N–H and O–H groups in total. The van der Waals surface area contributed by atoms with Crippen LogP contribution in [0.3, 0.4) is 0 Å². The Morgan fingerprint density at radius 3 is 2.34 bits per heavy atom. The summed E-state index contributed by atoms with van der Waals surface area (Å²) in [6.07, 6.45) is -1.19. The number of fused-ring (bicyclic) bond motifs is 1. The lowest BCUT2D eigenvalue weighted by Gasteiger charge is -2.47. The SMILES string of the molecule is CC[C@H]1OC(=O)[C@H](C)C(=O)[C@H](C)[C@@H](O[C@@H]2O[C@H](C)CC(N(C)C)C2O)[C@](C)(OC)C[C@@H](C)C(=O)[C@H](C)[C@H]2N(CC#CCn3cc(-c4cccnn4)nn3)C(=O)O[C@]12C.